The first-order chi connectivity index (χ1) is 46.4. The highest BCUT2D eigenvalue weighted by molar-refractivity contribution is 6.20. The topological polar surface area (TPSA) is 105 Å². The van der Waals surface area contributed by atoms with Crippen molar-refractivity contribution in [3.8, 4) is 0 Å². The van der Waals surface area contributed by atoms with E-state index >= 15 is 14.4 Å². The van der Waals surface area contributed by atoms with Crippen LogP contribution < -0.4 is 0 Å². The van der Waals surface area contributed by atoms with Gasteiger partial charge < -0.3 is 18.9 Å². The minimum Gasteiger partial charge on any atom is -0.465 e. The van der Waals surface area contributed by atoms with Crippen LogP contribution in [0.2, 0.25) is 0 Å². The van der Waals surface area contributed by atoms with Gasteiger partial charge in [-0.15, -0.1) is 0 Å². The van der Waals surface area contributed by atoms with E-state index in [-0.39, 0.29) is 32.8 Å². The second-order valence-corrected chi connectivity index (χ2v) is 29.7. The first kappa shape index (κ1) is 91.9. The Morgan fingerprint density at radius 1 is 0.191 bits per heavy atom. The largest absolute Gasteiger partial charge is 0.465 e. The van der Waals surface area contributed by atoms with Crippen LogP contribution in [0.3, 0.4) is 0 Å². The number of carbonyl (C=O) groups is 4. The molecule has 0 bridgehead atoms. The summed E-state index contributed by atoms with van der Waals surface area (Å²) in [5, 5.41) is 0. The van der Waals surface area contributed by atoms with E-state index in [1.54, 1.807) is 0 Å². The van der Waals surface area contributed by atoms with Crippen LogP contribution in [0.5, 0.6) is 0 Å². The maximum Gasteiger partial charge on any atom is 0.336 e. The minimum absolute atomic E-state index is 0.0661. The van der Waals surface area contributed by atoms with Crippen LogP contribution in [0.15, 0.2) is 0 Å². The van der Waals surface area contributed by atoms with E-state index in [1.807, 2.05) is 0 Å². The van der Waals surface area contributed by atoms with Crippen molar-refractivity contribution in [2.75, 3.05) is 26.4 Å². The van der Waals surface area contributed by atoms with Crippen molar-refractivity contribution >= 4 is 23.9 Å². The van der Waals surface area contributed by atoms with E-state index in [9.17, 15) is 4.79 Å². The van der Waals surface area contributed by atoms with Gasteiger partial charge in [-0.3, -0.25) is 19.2 Å². The number of unbranched alkanes of at least 4 members (excludes halogenated alkanes) is 65. The smallest absolute Gasteiger partial charge is 0.336 e. The summed E-state index contributed by atoms with van der Waals surface area (Å²) in [5.74, 6) is -5.08. The molecule has 558 valence electrons. The quantitative estimate of drug-likeness (QED) is 0.0257. The normalized spacial score (nSPS) is 12.5. The third kappa shape index (κ3) is 58.8. The maximum absolute atomic E-state index is 15.3. The van der Waals surface area contributed by atoms with Crippen LogP contribution in [0.4, 0.5) is 0 Å². The highest BCUT2D eigenvalue weighted by Crippen LogP contribution is 2.39. The predicted octanol–water partition coefficient (Wildman–Crippen LogP) is 28.6. The Hall–Kier alpha value is -2.12. The molecule has 0 aliphatic rings. The van der Waals surface area contributed by atoms with Gasteiger partial charge in [0, 0.05) is 0 Å². The van der Waals surface area contributed by atoms with Gasteiger partial charge in [-0.1, -0.05) is 458 Å². The SMILES string of the molecule is CCCCCCCCCCCCCCCCCCOC(=O)C(C(=O)OCCCCCCCCCCCCCCCC)(C(=O)OCCCCCCCCCCCCCCCCC)C(CCCCCCCCCCCCCCCCC)C(=O)OCCCCCCCCCCCC. The lowest BCUT2D eigenvalue weighted by Gasteiger charge is -2.33. The molecule has 0 aromatic carbocycles. The van der Waals surface area contributed by atoms with Gasteiger partial charge in [-0.25, -0.2) is 0 Å². The molecule has 0 heterocycles. The summed E-state index contributed by atoms with van der Waals surface area (Å²) in [6.45, 7) is 11.7. The van der Waals surface area contributed by atoms with Gasteiger partial charge in [-0.2, -0.15) is 0 Å². The summed E-state index contributed by atoms with van der Waals surface area (Å²) in [4.78, 5) is 60.8. The maximum atomic E-state index is 15.3. The third-order valence-electron chi connectivity index (χ3n) is 20.6. The van der Waals surface area contributed by atoms with Crippen molar-refractivity contribution in [1.82, 2.24) is 0 Å². The standard InChI is InChI=1S/C86H166O8/c1-6-11-16-21-26-31-36-40-44-47-51-55-60-65-70-75-80-94-85(90)86(83(88)92-78-73-68-63-58-53-49-43-39-34-29-24-19-14-9-4,84(89)93-79-74-69-64-59-54-50-46-42-38-33-28-23-18-13-8-3)81(82(87)91-77-72-67-62-57-35-30-25-20-15-10-5)76-71-66-61-56-52-48-45-41-37-32-27-22-17-12-7-2/h81H,6-80H2,1-5H3. The fraction of sp³-hybridized carbons (Fsp3) is 0.953. The number of rotatable bonds is 80. The first-order valence-electron chi connectivity index (χ1n) is 43.1. The number of ether oxygens (including phenoxy) is 4. The van der Waals surface area contributed by atoms with Crippen LogP contribution in [-0.4, -0.2) is 50.3 Å². The summed E-state index contributed by atoms with van der Waals surface area (Å²) in [6.07, 6.45) is 84.3. The zero-order chi connectivity index (χ0) is 68.2. The predicted molar refractivity (Wildman–Crippen MR) is 406 cm³/mol. The Bertz CT molecular complexity index is 1550. The average molecular weight is 1330 g/mol. The summed E-state index contributed by atoms with van der Waals surface area (Å²) in [6, 6.07) is 0. The van der Waals surface area contributed by atoms with Crippen molar-refractivity contribution in [2.45, 2.75) is 490 Å². The van der Waals surface area contributed by atoms with Crippen molar-refractivity contribution in [1.29, 1.82) is 0 Å². The molecule has 0 rings (SSSR count). The molecule has 0 fully saturated rings. The molecule has 8 nitrogen and oxygen atoms in total. The molecule has 0 N–H and O–H groups in total. The Balaban J connectivity index is 6.39. The summed E-state index contributed by atoms with van der Waals surface area (Å²) >= 11 is 0. The highest BCUT2D eigenvalue weighted by atomic mass is 16.6. The van der Waals surface area contributed by atoms with Crippen LogP contribution >= 0.6 is 0 Å². The van der Waals surface area contributed by atoms with Crippen LogP contribution in [0.25, 0.3) is 0 Å². The molecule has 0 saturated heterocycles. The van der Waals surface area contributed by atoms with Gasteiger partial charge in [0.1, 0.15) is 0 Å². The van der Waals surface area contributed by atoms with Crippen molar-refractivity contribution in [3.63, 3.8) is 0 Å². The summed E-state index contributed by atoms with van der Waals surface area (Å²) in [5.41, 5.74) is -2.61. The number of esters is 4. The number of hydrogen-bond acceptors (Lipinski definition) is 8. The lowest BCUT2D eigenvalue weighted by Crippen LogP contribution is -2.57. The summed E-state index contributed by atoms with van der Waals surface area (Å²) < 4.78 is 24.6. The van der Waals surface area contributed by atoms with Gasteiger partial charge in [0.05, 0.1) is 32.3 Å². The molecule has 0 spiro atoms. The van der Waals surface area contributed by atoms with E-state index in [0.717, 1.165) is 96.3 Å². The van der Waals surface area contributed by atoms with Gasteiger partial charge in [0.2, 0.25) is 0 Å². The molecule has 0 radical (unpaired) electrons. The number of carbonyl (C=O) groups excluding carboxylic acids is 4. The minimum atomic E-state index is -2.61. The van der Waals surface area contributed by atoms with E-state index in [0.29, 0.717) is 32.1 Å². The zero-order valence-corrected chi connectivity index (χ0v) is 64.4. The van der Waals surface area contributed by atoms with Gasteiger partial charge in [0.15, 0.2) is 0 Å². The van der Waals surface area contributed by atoms with E-state index in [1.165, 1.54) is 321 Å². The fourth-order valence-corrected chi connectivity index (χ4v) is 14.0. The van der Waals surface area contributed by atoms with Crippen LogP contribution in [0.1, 0.15) is 490 Å². The molecule has 2 atom stereocenters. The Kier molecular flexibility index (Phi) is 74.9. The first-order valence-corrected chi connectivity index (χ1v) is 43.1. The van der Waals surface area contributed by atoms with Gasteiger partial charge >= 0.3 is 23.9 Å². The monoisotopic (exact) mass is 1330 g/mol. The molecule has 0 saturated carbocycles. The Morgan fingerprint density at radius 2 is 0.330 bits per heavy atom. The molecule has 0 aliphatic carbocycles. The van der Waals surface area contributed by atoms with E-state index in [4.69, 9.17) is 18.9 Å². The molecule has 0 aromatic rings. The number of hydrogen-bond donors (Lipinski definition) is 0. The molecular weight excluding hydrogens is 1160 g/mol. The molecule has 2 unspecified atom stereocenters. The second kappa shape index (κ2) is 76.6. The molecule has 94 heavy (non-hydrogen) atoms. The van der Waals surface area contributed by atoms with Crippen molar-refractivity contribution in [3.05, 3.63) is 0 Å². The molecule has 0 aliphatic heterocycles. The zero-order valence-electron chi connectivity index (χ0n) is 64.4. The Morgan fingerprint density at radius 3 is 0.500 bits per heavy atom. The lowest BCUT2D eigenvalue weighted by molar-refractivity contribution is -0.195. The molecule has 0 amide bonds. The summed E-state index contributed by atoms with van der Waals surface area (Å²) in [7, 11) is 0. The van der Waals surface area contributed by atoms with Crippen molar-refractivity contribution < 1.29 is 38.1 Å². The van der Waals surface area contributed by atoms with Gasteiger partial charge in [-0.05, 0) is 32.1 Å². The molecular formula is C86H166O8. The van der Waals surface area contributed by atoms with Crippen molar-refractivity contribution in [2.24, 2.45) is 11.3 Å². The van der Waals surface area contributed by atoms with Gasteiger partial charge in [0.25, 0.3) is 5.41 Å². The van der Waals surface area contributed by atoms with Crippen LogP contribution in [0, 0.1) is 11.3 Å². The highest BCUT2D eigenvalue weighted by Gasteiger charge is 2.65. The second-order valence-electron chi connectivity index (χ2n) is 29.7. The fourth-order valence-electron chi connectivity index (χ4n) is 14.0. The molecule has 0 aromatic heterocycles. The average Bonchev–Trinajstić information content (AvgIpc) is 0.762. The Labute approximate surface area is 587 Å². The third-order valence-corrected chi connectivity index (χ3v) is 20.6. The van der Waals surface area contributed by atoms with Crippen LogP contribution in [-0.2, 0) is 38.1 Å². The molecule has 8 heteroatoms. The van der Waals surface area contributed by atoms with E-state index in [2.05, 4.69) is 34.6 Å². The lowest BCUT2D eigenvalue weighted by atomic mass is 9.72. The van der Waals surface area contributed by atoms with E-state index < -0.39 is 35.2 Å².